The molecule has 1 aliphatic heterocycles. The van der Waals surface area contributed by atoms with E-state index in [1.807, 2.05) is 0 Å². The number of sulfonamides is 1. The van der Waals surface area contributed by atoms with Crippen molar-refractivity contribution in [1.29, 1.82) is 0 Å². The van der Waals surface area contributed by atoms with Gasteiger partial charge in [0.05, 0.1) is 16.9 Å². The molecule has 1 amide bonds. The van der Waals surface area contributed by atoms with E-state index in [2.05, 4.69) is 30.4 Å². The van der Waals surface area contributed by atoms with E-state index in [0.717, 1.165) is 24.8 Å². The van der Waals surface area contributed by atoms with Crippen molar-refractivity contribution < 1.29 is 13.2 Å². The van der Waals surface area contributed by atoms with Crippen LogP contribution in [0.4, 0.5) is 0 Å². The van der Waals surface area contributed by atoms with E-state index in [4.69, 9.17) is 11.6 Å². The van der Waals surface area contributed by atoms with E-state index in [1.165, 1.54) is 40.4 Å². The molecule has 172 valence electrons. The first kappa shape index (κ1) is 23.3. The number of hydrogen-bond acceptors (Lipinski definition) is 3. The Hall–Kier alpha value is -1.89. The van der Waals surface area contributed by atoms with Crippen molar-refractivity contribution in [3.05, 3.63) is 64.2 Å². The monoisotopic (exact) mass is 474 g/mol. The van der Waals surface area contributed by atoms with Crippen LogP contribution in [0.1, 0.15) is 61.8 Å². The van der Waals surface area contributed by atoms with E-state index in [9.17, 15) is 13.2 Å². The first-order valence-electron chi connectivity index (χ1n) is 11.6. The molecule has 2 aromatic carbocycles. The van der Waals surface area contributed by atoms with Crippen LogP contribution in [0.5, 0.6) is 0 Å². The lowest BCUT2D eigenvalue weighted by molar-refractivity contribution is -0.126. The number of benzene rings is 2. The molecule has 0 aromatic heterocycles. The highest BCUT2D eigenvalue weighted by Crippen LogP contribution is 2.28. The fraction of sp³-hybridized carbons (Fsp3) is 0.480. The molecule has 1 fully saturated rings. The Balaban J connectivity index is 1.45. The Bertz CT molecular complexity index is 1070. The maximum atomic E-state index is 13.1. The average Bonchev–Trinajstić information content (AvgIpc) is 2.82. The molecule has 32 heavy (non-hydrogen) atoms. The molecule has 0 saturated carbocycles. The summed E-state index contributed by atoms with van der Waals surface area (Å²) in [5, 5.41) is 3.69. The number of rotatable bonds is 6. The molecular formula is C25H31ClN2O3S. The molecule has 7 heteroatoms. The summed E-state index contributed by atoms with van der Waals surface area (Å²) in [7, 11) is -3.65. The highest BCUT2D eigenvalue weighted by molar-refractivity contribution is 7.89. The molecule has 1 aliphatic carbocycles. The normalized spacial score (nSPS) is 20.4. The molecule has 2 atom stereocenters. The third-order valence-electron chi connectivity index (χ3n) is 6.71. The van der Waals surface area contributed by atoms with Crippen molar-refractivity contribution in [2.75, 3.05) is 13.1 Å². The van der Waals surface area contributed by atoms with Gasteiger partial charge in [0.2, 0.25) is 15.9 Å². The van der Waals surface area contributed by atoms with Gasteiger partial charge in [0, 0.05) is 18.1 Å². The number of aryl methyl sites for hydroxylation is 2. The Kier molecular flexibility index (Phi) is 7.23. The number of fused-ring (bicyclic) bond motifs is 1. The summed E-state index contributed by atoms with van der Waals surface area (Å²) < 4.78 is 27.5. The van der Waals surface area contributed by atoms with Gasteiger partial charge in [0.15, 0.2) is 0 Å². The zero-order valence-electron chi connectivity index (χ0n) is 18.5. The van der Waals surface area contributed by atoms with Gasteiger partial charge >= 0.3 is 0 Å². The van der Waals surface area contributed by atoms with E-state index < -0.39 is 10.0 Å². The minimum absolute atomic E-state index is 0.0574. The van der Waals surface area contributed by atoms with Crippen LogP contribution in [0, 0.1) is 5.92 Å². The van der Waals surface area contributed by atoms with Crippen LogP contribution in [0.2, 0.25) is 5.02 Å². The smallest absolute Gasteiger partial charge is 0.243 e. The van der Waals surface area contributed by atoms with Crippen molar-refractivity contribution in [3.8, 4) is 0 Å². The molecule has 5 nitrogen and oxygen atoms in total. The van der Waals surface area contributed by atoms with Crippen LogP contribution in [-0.2, 0) is 27.7 Å². The molecule has 0 radical (unpaired) electrons. The topological polar surface area (TPSA) is 66.5 Å². The Morgan fingerprint density at radius 1 is 1.09 bits per heavy atom. The van der Waals surface area contributed by atoms with E-state index in [0.29, 0.717) is 24.4 Å². The van der Waals surface area contributed by atoms with Gasteiger partial charge in [0.25, 0.3) is 0 Å². The van der Waals surface area contributed by atoms with E-state index in [1.54, 1.807) is 12.1 Å². The summed E-state index contributed by atoms with van der Waals surface area (Å²) in [5.41, 5.74) is 3.97. The molecule has 1 heterocycles. The summed E-state index contributed by atoms with van der Waals surface area (Å²) in [6.45, 7) is 2.71. The number of carbonyl (C=O) groups is 1. The number of nitrogens with zero attached hydrogens (tertiary/aromatic N) is 1. The molecule has 2 aliphatic rings. The number of piperidine rings is 1. The fourth-order valence-electron chi connectivity index (χ4n) is 4.81. The summed E-state index contributed by atoms with van der Waals surface area (Å²) in [5.74, 6) is -0.414. The maximum Gasteiger partial charge on any atom is 0.243 e. The summed E-state index contributed by atoms with van der Waals surface area (Å²) >= 11 is 5.90. The Morgan fingerprint density at radius 2 is 1.81 bits per heavy atom. The lowest BCUT2D eigenvalue weighted by Gasteiger charge is -2.32. The lowest BCUT2D eigenvalue weighted by Crippen LogP contribution is -2.46. The molecule has 1 N–H and O–H groups in total. The van der Waals surface area contributed by atoms with Gasteiger partial charge in [0.1, 0.15) is 0 Å². The Morgan fingerprint density at radius 3 is 2.53 bits per heavy atom. The van der Waals surface area contributed by atoms with E-state index in [-0.39, 0.29) is 29.3 Å². The lowest BCUT2D eigenvalue weighted by atomic mass is 9.88. The van der Waals surface area contributed by atoms with Crippen LogP contribution < -0.4 is 5.32 Å². The second-order valence-electron chi connectivity index (χ2n) is 8.86. The van der Waals surface area contributed by atoms with Gasteiger partial charge in [-0.1, -0.05) is 36.7 Å². The second kappa shape index (κ2) is 9.94. The van der Waals surface area contributed by atoms with Crippen molar-refractivity contribution in [2.24, 2.45) is 5.92 Å². The van der Waals surface area contributed by atoms with Crippen LogP contribution in [-0.4, -0.2) is 31.7 Å². The molecule has 2 aromatic rings. The number of carbonyl (C=O) groups excluding carboxylic acids is 1. The predicted molar refractivity (Wildman–Crippen MR) is 127 cm³/mol. The molecule has 4 rings (SSSR count). The number of halogens is 1. The maximum absolute atomic E-state index is 13.1. The second-order valence-corrected chi connectivity index (χ2v) is 11.2. The van der Waals surface area contributed by atoms with Crippen LogP contribution in [0.25, 0.3) is 0 Å². The molecule has 0 bridgehead atoms. The quantitative estimate of drug-likeness (QED) is 0.648. The largest absolute Gasteiger partial charge is 0.349 e. The van der Waals surface area contributed by atoms with Crippen molar-refractivity contribution in [3.63, 3.8) is 0 Å². The van der Waals surface area contributed by atoms with Gasteiger partial charge in [-0.05, 0) is 85.9 Å². The van der Waals surface area contributed by atoms with Gasteiger partial charge in [-0.15, -0.1) is 0 Å². The Labute approximate surface area is 196 Å². The SMILES string of the molecule is CC[C@@H](NC(=O)[C@H]1CCCN(S(=O)(=O)c2ccc(Cl)cc2)C1)c1ccc2c(c1)CCCC2. The molecule has 0 unspecified atom stereocenters. The van der Waals surface area contributed by atoms with Gasteiger partial charge in [-0.25, -0.2) is 8.42 Å². The summed E-state index contributed by atoms with van der Waals surface area (Å²) in [4.78, 5) is 13.3. The molecule has 1 saturated heterocycles. The molecular weight excluding hydrogens is 444 g/mol. The third-order valence-corrected chi connectivity index (χ3v) is 8.84. The number of nitrogens with one attached hydrogen (secondary N) is 1. The van der Waals surface area contributed by atoms with Crippen molar-refractivity contribution >= 4 is 27.5 Å². The third kappa shape index (κ3) is 5.03. The van der Waals surface area contributed by atoms with Gasteiger partial charge in [-0.3, -0.25) is 4.79 Å². The average molecular weight is 475 g/mol. The van der Waals surface area contributed by atoms with Crippen LogP contribution >= 0.6 is 11.6 Å². The van der Waals surface area contributed by atoms with Gasteiger partial charge in [-0.2, -0.15) is 4.31 Å². The van der Waals surface area contributed by atoms with Crippen LogP contribution in [0.3, 0.4) is 0 Å². The van der Waals surface area contributed by atoms with E-state index >= 15 is 0 Å². The van der Waals surface area contributed by atoms with Gasteiger partial charge < -0.3 is 5.32 Å². The predicted octanol–water partition coefficient (Wildman–Crippen LogP) is 4.89. The minimum atomic E-state index is -3.65. The minimum Gasteiger partial charge on any atom is -0.349 e. The summed E-state index contributed by atoms with van der Waals surface area (Å²) in [6.07, 6.45) is 6.87. The first-order valence-corrected chi connectivity index (χ1v) is 13.4. The molecule has 0 spiro atoms. The van der Waals surface area contributed by atoms with Crippen molar-refractivity contribution in [1.82, 2.24) is 9.62 Å². The standard InChI is InChI=1S/C25H31ClN2O3S/c1-2-24(20-10-9-18-6-3-4-7-19(18)16-20)27-25(29)21-8-5-15-28(17-21)32(30,31)23-13-11-22(26)12-14-23/h9-14,16,21,24H,2-8,15,17H2,1H3,(H,27,29)/t21-,24+/m0/s1. The first-order chi connectivity index (χ1) is 15.4. The highest BCUT2D eigenvalue weighted by Gasteiger charge is 2.34. The number of amides is 1. The van der Waals surface area contributed by atoms with Crippen LogP contribution in [0.15, 0.2) is 47.4 Å². The number of hydrogen-bond donors (Lipinski definition) is 1. The summed E-state index contributed by atoms with van der Waals surface area (Å²) in [6, 6.07) is 12.7. The zero-order chi connectivity index (χ0) is 22.7. The fourth-order valence-corrected chi connectivity index (χ4v) is 6.46. The highest BCUT2D eigenvalue weighted by atomic mass is 35.5. The van der Waals surface area contributed by atoms with Crippen molar-refractivity contribution in [2.45, 2.75) is 62.8 Å². The zero-order valence-corrected chi connectivity index (χ0v) is 20.1.